The Kier molecular flexibility index (Phi) is 6.00. The molecule has 0 fully saturated rings. The van der Waals surface area contributed by atoms with Crippen molar-refractivity contribution in [3.8, 4) is 5.75 Å². The minimum absolute atomic E-state index is 0.0715. The molecular formula is C19H23N3O3. The Bertz CT molecular complexity index is 727. The fourth-order valence-electron chi connectivity index (χ4n) is 2.44. The molecule has 0 saturated carbocycles. The van der Waals surface area contributed by atoms with Crippen LogP contribution in [-0.4, -0.2) is 31.0 Å². The van der Waals surface area contributed by atoms with Gasteiger partial charge in [-0.2, -0.15) is 0 Å². The van der Waals surface area contributed by atoms with E-state index in [-0.39, 0.29) is 11.9 Å². The van der Waals surface area contributed by atoms with E-state index in [2.05, 4.69) is 5.32 Å². The number of urea groups is 1. The van der Waals surface area contributed by atoms with Gasteiger partial charge in [0.05, 0.1) is 13.2 Å². The van der Waals surface area contributed by atoms with Crippen molar-refractivity contribution in [3.05, 3.63) is 65.2 Å². The molecule has 0 spiro atoms. The first-order valence-electron chi connectivity index (χ1n) is 7.95. The topological polar surface area (TPSA) is 84.7 Å². The third kappa shape index (κ3) is 4.73. The highest BCUT2D eigenvalue weighted by Gasteiger charge is 2.19. The average Bonchev–Trinajstić information content (AvgIpc) is 2.65. The van der Waals surface area contributed by atoms with Gasteiger partial charge in [0.25, 0.3) is 5.91 Å². The average molecular weight is 341 g/mol. The zero-order valence-corrected chi connectivity index (χ0v) is 14.7. The molecule has 6 heteroatoms. The monoisotopic (exact) mass is 341 g/mol. The second-order valence-corrected chi connectivity index (χ2v) is 5.78. The summed E-state index contributed by atoms with van der Waals surface area (Å²) in [6.07, 6.45) is 0. The first-order chi connectivity index (χ1) is 11.9. The Labute approximate surface area is 147 Å². The van der Waals surface area contributed by atoms with Crippen LogP contribution >= 0.6 is 0 Å². The number of methoxy groups -OCH3 is 1. The van der Waals surface area contributed by atoms with Gasteiger partial charge < -0.3 is 20.7 Å². The first-order valence-corrected chi connectivity index (χ1v) is 7.95. The quantitative estimate of drug-likeness (QED) is 0.847. The van der Waals surface area contributed by atoms with Crippen molar-refractivity contribution in [3.63, 3.8) is 0 Å². The van der Waals surface area contributed by atoms with Gasteiger partial charge in [0.15, 0.2) is 0 Å². The molecule has 0 aliphatic rings. The molecule has 0 aliphatic heterocycles. The van der Waals surface area contributed by atoms with Gasteiger partial charge in [-0.3, -0.25) is 4.79 Å². The Hall–Kier alpha value is -3.02. The van der Waals surface area contributed by atoms with Crippen molar-refractivity contribution in [1.29, 1.82) is 0 Å². The fraction of sp³-hybridized carbons (Fsp3) is 0.263. The molecule has 0 radical (unpaired) electrons. The summed E-state index contributed by atoms with van der Waals surface area (Å²) in [7, 11) is 3.40. The van der Waals surface area contributed by atoms with E-state index in [1.54, 1.807) is 43.3 Å². The number of amides is 3. The molecule has 3 N–H and O–H groups in total. The van der Waals surface area contributed by atoms with E-state index in [1.807, 2.05) is 31.2 Å². The zero-order chi connectivity index (χ0) is 18.4. The molecule has 0 saturated heterocycles. The van der Waals surface area contributed by atoms with Gasteiger partial charge in [-0.15, -0.1) is 0 Å². The minimum atomic E-state index is -0.576. The summed E-state index contributed by atoms with van der Waals surface area (Å²) in [5.74, 6) is 0.711. The predicted molar refractivity (Wildman–Crippen MR) is 96.4 cm³/mol. The molecule has 1 unspecified atom stereocenters. The van der Waals surface area contributed by atoms with Crippen LogP contribution in [0.4, 0.5) is 4.79 Å². The number of benzene rings is 2. The molecule has 0 aromatic heterocycles. The number of primary amides is 1. The molecular weight excluding hydrogens is 318 g/mol. The van der Waals surface area contributed by atoms with Crippen LogP contribution in [0.3, 0.4) is 0 Å². The highest BCUT2D eigenvalue weighted by atomic mass is 16.5. The molecule has 2 rings (SSSR count). The Balaban J connectivity index is 2.06. The van der Waals surface area contributed by atoms with E-state index < -0.39 is 6.03 Å². The number of carbonyl (C=O) groups is 2. The molecule has 0 aliphatic carbocycles. The lowest BCUT2D eigenvalue weighted by atomic mass is 10.1. The fourth-order valence-corrected chi connectivity index (χ4v) is 2.44. The molecule has 2 aromatic carbocycles. The van der Waals surface area contributed by atoms with Crippen molar-refractivity contribution in [2.45, 2.75) is 19.5 Å². The highest BCUT2D eigenvalue weighted by Crippen LogP contribution is 2.23. The van der Waals surface area contributed by atoms with Gasteiger partial charge in [0, 0.05) is 19.2 Å². The third-order valence-electron chi connectivity index (χ3n) is 4.17. The van der Waals surface area contributed by atoms with Crippen molar-refractivity contribution in [2.24, 2.45) is 5.73 Å². The lowest BCUT2D eigenvalue weighted by Gasteiger charge is -2.25. The van der Waals surface area contributed by atoms with Crippen molar-refractivity contribution in [2.75, 3.05) is 14.2 Å². The molecule has 6 nitrogen and oxygen atoms in total. The summed E-state index contributed by atoms with van der Waals surface area (Å²) < 4.78 is 5.16. The highest BCUT2D eigenvalue weighted by molar-refractivity contribution is 5.94. The Morgan fingerprint density at radius 2 is 1.72 bits per heavy atom. The normalized spacial score (nSPS) is 11.5. The number of carbonyl (C=O) groups excluding carboxylic acids is 2. The maximum absolute atomic E-state index is 12.7. The molecule has 132 valence electrons. The second kappa shape index (κ2) is 8.19. The van der Waals surface area contributed by atoms with E-state index in [4.69, 9.17) is 10.5 Å². The summed E-state index contributed by atoms with van der Waals surface area (Å²) in [5, 5.41) is 2.52. The van der Waals surface area contributed by atoms with Gasteiger partial charge >= 0.3 is 6.03 Å². The number of nitrogens with two attached hydrogens (primary N) is 1. The van der Waals surface area contributed by atoms with E-state index >= 15 is 0 Å². The molecule has 25 heavy (non-hydrogen) atoms. The number of nitrogens with zero attached hydrogens (tertiary/aromatic N) is 1. The Morgan fingerprint density at radius 1 is 1.12 bits per heavy atom. The molecule has 0 bridgehead atoms. The molecule has 1 atom stereocenters. The SMILES string of the molecule is COc1ccc(C(C)N(C)C(=O)c2ccc(CNC(N)=O)cc2)cc1. The summed E-state index contributed by atoms with van der Waals surface area (Å²) in [6, 6.07) is 14.1. The van der Waals surface area contributed by atoms with E-state index in [1.165, 1.54) is 0 Å². The number of hydrogen-bond acceptors (Lipinski definition) is 3. The third-order valence-corrected chi connectivity index (χ3v) is 4.17. The van der Waals surface area contributed by atoms with Crippen molar-refractivity contribution < 1.29 is 14.3 Å². The maximum atomic E-state index is 12.7. The van der Waals surface area contributed by atoms with Gasteiger partial charge in [-0.1, -0.05) is 24.3 Å². The van der Waals surface area contributed by atoms with Gasteiger partial charge in [0.1, 0.15) is 5.75 Å². The van der Waals surface area contributed by atoms with Crippen LogP contribution < -0.4 is 15.8 Å². The lowest BCUT2D eigenvalue weighted by molar-refractivity contribution is 0.0742. The van der Waals surface area contributed by atoms with Crippen LogP contribution in [0.1, 0.15) is 34.5 Å². The number of rotatable bonds is 6. The van der Waals surface area contributed by atoms with Crippen LogP contribution in [0, 0.1) is 0 Å². The molecule has 2 aromatic rings. The summed E-state index contributed by atoms with van der Waals surface area (Å²) >= 11 is 0. The van der Waals surface area contributed by atoms with Gasteiger partial charge in [0.2, 0.25) is 0 Å². The van der Waals surface area contributed by atoms with Crippen LogP contribution in [0.2, 0.25) is 0 Å². The number of hydrogen-bond donors (Lipinski definition) is 2. The molecule has 3 amide bonds. The first kappa shape index (κ1) is 18.3. The second-order valence-electron chi connectivity index (χ2n) is 5.78. The number of nitrogens with one attached hydrogen (secondary N) is 1. The zero-order valence-electron chi connectivity index (χ0n) is 14.7. The smallest absolute Gasteiger partial charge is 0.312 e. The van der Waals surface area contributed by atoms with E-state index in [9.17, 15) is 9.59 Å². The van der Waals surface area contributed by atoms with Crippen LogP contribution in [-0.2, 0) is 6.54 Å². The maximum Gasteiger partial charge on any atom is 0.312 e. The standard InChI is InChI=1S/C19H23N3O3/c1-13(15-8-10-17(25-3)11-9-15)22(2)18(23)16-6-4-14(5-7-16)12-21-19(20)24/h4-11,13H,12H2,1-3H3,(H3,20,21,24). The summed E-state index contributed by atoms with van der Waals surface area (Å²) in [4.78, 5) is 25.1. The van der Waals surface area contributed by atoms with E-state index in [0.29, 0.717) is 12.1 Å². The van der Waals surface area contributed by atoms with Crippen molar-refractivity contribution in [1.82, 2.24) is 10.2 Å². The van der Waals surface area contributed by atoms with Crippen LogP contribution in [0.15, 0.2) is 48.5 Å². The summed E-state index contributed by atoms with van der Waals surface area (Å²) in [6.45, 7) is 2.31. The van der Waals surface area contributed by atoms with Gasteiger partial charge in [-0.25, -0.2) is 4.79 Å². The Morgan fingerprint density at radius 3 is 2.24 bits per heavy atom. The van der Waals surface area contributed by atoms with Crippen LogP contribution in [0.5, 0.6) is 5.75 Å². The van der Waals surface area contributed by atoms with Crippen molar-refractivity contribution >= 4 is 11.9 Å². The lowest BCUT2D eigenvalue weighted by Crippen LogP contribution is -2.30. The predicted octanol–water partition coefficient (Wildman–Crippen LogP) is 2.70. The molecule has 0 heterocycles. The van der Waals surface area contributed by atoms with Gasteiger partial charge in [-0.05, 0) is 42.3 Å². The largest absolute Gasteiger partial charge is 0.497 e. The summed E-state index contributed by atoms with van der Waals surface area (Å²) in [5.41, 5.74) is 7.54. The number of ether oxygens (including phenoxy) is 1. The van der Waals surface area contributed by atoms with E-state index in [0.717, 1.165) is 16.9 Å². The van der Waals surface area contributed by atoms with Crippen LogP contribution in [0.25, 0.3) is 0 Å². The minimum Gasteiger partial charge on any atom is -0.497 e.